The molecule has 4 aliphatic heterocycles. The Morgan fingerprint density at radius 1 is 0.362 bits per heavy atom. The van der Waals surface area contributed by atoms with Gasteiger partial charge in [0, 0.05) is 57.3 Å². The number of benzene rings is 8. The molecule has 0 atom stereocenters. The van der Waals surface area contributed by atoms with Crippen LogP contribution in [-0.4, -0.2) is 84.2 Å². The van der Waals surface area contributed by atoms with Crippen LogP contribution in [0.1, 0.15) is 74.9 Å². The Morgan fingerprint density at radius 2 is 0.767 bits per heavy atom. The van der Waals surface area contributed by atoms with Crippen molar-refractivity contribution < 1.29 is 105 Å². The van der Waals surface area contributed by atoms with Crippen molar-refractivity contribution in [2.24, 2.45) is 0 Å². The first-order valence-electron chi connectivity index (χ1n) is 33.6. The van der Waals surface area contributed by atoms with Crippen LogP contribution in [0.5, 0.6) is 46.0 Å². The second kappa shape index (κ2) is 32.6. The minimum Gasteiger partial charge on any atom is -0.454 e. The van der Waals surface area contributed by atoms with Crippen LogP contribution in [0, 0.1) is 70.6 Å². The Kier molecular flexibility index (Phi) is 22.6. The van der Waals surface area contributed by atoms with Gasteiger partial charge >= 0.3 is 18.9 Å². The quantitative estimate of drug-likeness (QED) is 0.0827. The molecule has 12 aromatic rings. The number of ether oxygens (including phenoxy) is 8. The van der Waals surface area contributed by atoms with E-state index in [-0.39, 0.29) is 119 Å². The molecule has 8 heterocycles. The number of pyridine rings is 1. The number of amides is 4. The topological polar surface area (TPSA) is 280 Å². The lowest BCUT2D eigenvalue weighted by Crippen LogP contribution is -2.25. The van der Waals surface area contributed by atoms with Gasteiger partial charge in [-0.1, -0.05) is 65.1 Å². The Bertz CT molecular complexity index is 5800. The fraction of sp³-hybridized carbons (Fsp3) is 0.127. The standard InChI is InChI=1S/C21H16F2N2O3.C20H14ClF2N3O3.C19H10ClF4N3O3.C19H11ClF3N3O3/c1-11-8-17-18(28-10-27-17)9-14(11)13-6-7-19(24-12(13)2)25-21(26)20-15(22)4-3-5-16(20)23;1-10-4-3-5-12(11(10)2)19(27)26-18-9-24-15(8-25-18)13-6-16-17(7-14(13)21)29-20(22,23)28-16;1-8-2-3-11(21)16(17(8)22)18(28)27-15-7-25-12(6-26-15)9-4-13-14(5-10(9)20)30-19(23,24)29-13;1-9-2-3-10(21)4-11(9)18(27)26-17-8-24-14(7-25-17)12-5-15-16(6-13(12)20)29-19(22,23)28-15/h3-9H,10H2,1-2H3,(H,24,25,26);3-9H,1-2H3,(H,25,26,27);2-7H,1H3,(H,26,27,28);2-8H,1H3,(H,25,26,27). The zero-order chi connectivity index (χ0) is 83.0. The van der Waals surface area contributed by atoms with Crippen molar-refractivity contribution >= 4 is 81.7 Å². The maximum absolute atomic E-state index is 14.1. The first kappa shape index (κ1) is 80.6. The summed E-state index contributed by atoms with van der Waals surface area (Å²) in [6.45, 7) is 10.8. The SMILES string of the molecule is Cc1cc2c(cc1-c1ccc(NC(=O)c3c(F)cccc3F)nc1C)OCO2.Cc1ccc(F)c(C(=O)Nc2cnc(-c3cc4c(cc3Cl)OC(F)(F)O4)cn2)c1F.Cc1ccc(F)cc1C(=O)Nc1cnc(-c2cc3c(cc2Cl)OC(F)(F)O3)cn1.Cc1cccc(C(=O)Nc2cnc(-c3cc4c(cc3Cl)OC(F)(F)O4)cn2)c1C. The summed E-state index contributed by atoms with van der Waals surface area (Å²) in [5, 5.41) is 10.2. The number of carbonyl (C=O) groups is 4. The number of alkyl halides is 6. The molecule has 0 radical (unpaired) electrons. The van der Waals surface area contributed by atoms with Crippen molar-refractivity contribution in [1.29, 1.82) is 0 Å². The average molecular weight is 1660 g/mol. The van der Waals surface area contributed by atoms with Gasteiger partial charge in [0.15, 0.2) is 63.4 Å². The number of aromatic nitrogens is 7. The highest BCUT2D eigenvalue weighted by molar-refractivity contribution is 6.34. The number of nitrogens with one attached hydrogen (secondary N) is 4. The summed E-state index contributed by atoms with van der Waals surface area (Å²) in [5.41, 5.74) is 6.90. The summed E-state index contributed by atoms with van der Waals surface area (Å²) >= 11 is 18.4. The molecule has 0 fully saturated rings. The van der Waals surface area contributed by atoms with E-state index in [0.717, 1.165) is 64.3 Å². The lowest BCUT2D eigenvalue weighted by Gasteiger charge is -2.12. The molecule has 116 heavy (non-hydrogen) atoms. The molecule has 0 saturated carbocycles. The number of carbonyl (C=O) groups excluding carboxylic acids is 4. The highest BCUT2D eigenvalue weighted by Gasteiger charge is 2.46. The summed E-state index contributed by atoms with van der Waals surface area (Å²) in [5.74, 6) is -6.52. The smallest absolute Gasteiger partial charge is 0.454 e. The number of nitrogens with zero attached hydrogens (tertiary/aromatic N) is 7. The molecule has 4 aromatic heterocycles. The van der Waals surface area contributed by atoms with E-state index in [1.807, 2.05) is 39.0 Å². The van der Waals surface area contributed by atoms with E-state index >= 15 is 0 Å². The minimum absolute atomic E-state index is 0.0463. The Hall–Kier alpha value is -13.5. The molecule has 8 aromatic carbocycles. The van der Waals surface area contributed by atoms with E-state index in [0.29, 0.717) is 39.6 Å². The molecule has 0 saturated heterocycles. The van der Waals surface area contributed by atoms with Crippen LogP contribution in [0.4, 0.5) is 71.6 Å². The summed E-state index contributed by atoms with van der Waals surface area (Å²) in [7, 11) is 0. The van der Waals surface area contributed by atoms with Gasteiger partial charge in [-0.05, 0) is 154 Å². The molecular formula is C79H51Cl3F11N11O12. The van der Waals surface area contributed by atoms with Crippen LogP contribution >= 0.6 is 34.8 Å². The van der Waals surface area contributed by atoms with Gasteiger partial charge in [0.1, 0.15) is 46.0 Å². The van der Waals surface area contributed by atoms with Crippen molar-refractivity contribution in [3.63, 3.8) is 0 Å². The maximum atomic E-state index is 14.1. The van der Waals surface area contributed by atoms with Crippen molar-refractivity contribution in [2.45, 2.75) is 60.4 Å². The van der Waals surface area contributed by atoms with E-state index < -0.39 is 76.8 Å². The fourth-order valence-corrected chi connectivity index (χ4v) is 12.2. The lowest BCUT2D eigenvalue weighted by molar-refractivity contribution is -0.287. The van der Waals surface area contributed by atoms with Crippen LogP contribution in [0.3, 0.4) is 0 Å². The average Bonchev–Trinajstić information content (AvgIpc) is 1.62. The summed E-state index contributed by atoms with van der Waals surface area (Å²) in [4.78, 5) is 78.2. The molecule has 592 valence electrons. The van der Waals surface area contributed by atoms with E-state index in [1.54, 1.807) is 38.1 Å². The molecular weight excluding hydrogens is 1610 g/mol. The molecule has 4 N–H and O–H groups in total. The highest BCUT2D eigenvalue weighted by Crippen LogP contribution is 2.49. The van der Waals surface area contributed by atoms with E-state index in [2.05, 4.69) is 84.6 Å². The summed E-state index contributed by atoms with van der Waals surface area (Å²) in [6.07, 6.45) is -3.70. The number of hydrogen-bond donors (Lipinski definition) is 4. The molecule has 4 amide bonds. The molecule has 37 heteroatoms. The van der Waals surface area contributed by atoms with Crippen molar-refractivity contribution in [1.82, 2.24) is 34.9 Å². The second-order valence-electron chi connectivity index (χ2n) is 25.2. The van der Waals surface area contributed by atoms with Gasteiger partial charge in [-0.2, -0.15) is 0 Å². The number of anilines is 4. The van der Waals surface area contributed by atoms with Crippen LogP contribution in [0.2, 0.25) is 15.1 Å². The Balaban J connectivity index is 0.000000135. The van der Waals surface area contributed by atoms with Crippen molar-refractivity contribution in [3.05, 3.63) is 264 Å². The van der Waals surface area contributed by atoms with Gasteiger partial charge in [-0.25, -0.2) is 41.9 Å². The summed E-state index contributed by atoms with van der Waals surface area (Å²) < 4.78 is 185. The third kappa shape index (κ3) is 18.0. The molecule has 0 bridgehead atoms. The molecule has 0 spiro atoms. The van der Waals surface area contributed by atoms with Gasteiger partial charge < -0.3 is 59.2 Å². The van der Waals surface area contributed by atoms with Gasteiger partial charge in [0.25, 0.3) is 23.6 Å². The monoisotopic (exact) mass is 1660 g/mol. The number of halogens is 14. The predicted molar refractivity (Wildman–Crippen MR) is 398 cm³/mol. The van der Waals surface area contributed by atoms with E-state index in [4.69, 9.17) is 44.3 Å². The number of fused-ring (bicyclic) bond motifs is 4. The Labute approximate surface area is 662 Å². The number of rotatable bonds is 12. The van der Waals surface area contributed by atoms with Gasteiger partial charge in [0.2, 0.25) is 6.79 Å². The third-order valence-corrected chi connectivity index (χ3v) is 18.3. The first-order valence-corrected chi connectivity index (χ1v) is 34.8. The van der Waals surface area contributed by atoms with Crippen LogP contribution in [0.25, 0.3) is 44.9 Å². The first-order chi connectivity index (χ1) is 55.0. The van der Waals surface area contributed by atoms with Crippen LogP contribution < -0.4 is 59.2 Å². The zero-order valence-corrected chi connectivity index (χ0v) is 62.4. The minimum atomic E-state index is -3.80. The second-order valence-corrected chi connectivity index (χ2v) is 26.4. The third-order valence-electron chi connectivity index (χ3n) is 17.3. The fourth-order valence-electron chi connectivity index (χ4n) is 11.5. The molecule has 23 nitrogen and oxygen atoms in total. The largest absolute Gasteiger partial charge is 0.586 e. The van der Waals surface area contributed by atoms with E-state index in [1.165, 1.54) is 92.5 Å². The zero-order valence-electron chi connectivity index (χ0n) is 60.1. The highest BCUT2D eigenvalue weighted by atomic mass is 35.5. The predicted octanol–water partition coefficient (Wildman–Crippen LogP) is 19.4. The van der Waals surface area contributed by atoms with Crippen molar-refractivity contribution in [2.75, 3.05) is 28.1 Å². The van der Waals surface area contributed by atoms with Crippen LogP contribution in [-0.2, 0) is 0 Å². The molecule has 16 rings (SSSR count). The Morgan fingerprint density at radius 3 is 1.23 bits per heavy atom. The maximum Gasteiger partial charge on any atom is 0.586 e. The molecule has 0 aliphatic carbocycles. The van der Waals surface area contributed by atoms with E-state index in [9.17, 15) is 67.5 Å². The van der Waals surface area contributed by atoms with Crippen LogP contribution in [0.15, 0.2) is 165 Å². The van der Waals surface area contributed by atoms with Gasteiger partial charge in [0.05, 0.1) is 69.3 Å². The molecule has 4 aliphatic rings. The lowest BCUT2D eigenvalue weighted by atomic mass is 9.98. The van der Waals surface area contributed by atoms with Gasteiger partial charge in [-0.3, -0.25) is 34.1 Å². The number of hydrogen-bond acceptors (Lipinski definition) is 19. The van der Waals surface area contributed by atoms with Crippen molar-refractivity contribution in [3.8, 4) is 90.9 Å². The number of aryl methyl sites for hydroxylation is 5. The normalized spacial score (nSPS) is 13.5. The van der Waals surface area contributed by atoms with Gasteiger partial charge in [-0.15, -0.1) is 26.3 Å². The summed E-state index contributed by atoms with van der Waals surface area (Å²) in [6, 6.07) is 29.3. The molecule has 0 unspecified atom stereocenters.